The zero-order chi connectivity index (χ0) is 21.2. The van der Waals surface area contributed by atoms with Gasteiger partial charge in [-0.25, -0.2) is 18.5 Å². The van der Waals surface area contributed by atoms with Crippen LogP contribution in [-0.2, 0) is 16.4 Å². The highest BCUT2D eigenvalue weighted by Crippen LogP contribution is 2.43. The molecule has 0 spiro atoms. The maximum absolute atomic E-state index is 11.9. The lowest BCUT2D eigenvalue weighted by Crippen LogP contribution is -2.32. The fourth-order valence-electron chi connectivity index (χ4n) is 4.90. The predicted octanol–water partition coefficient (Wildman–Crippen LogP) is 4.04. The molecule has 1 atom stereocenters. The van der Waals surface area contributed by atoms with Gasteiger partial charge in [0.25, 0.3) is 10.0 Å². The van der Waals surface area contributed by atoms with Crippen molar-refractivity contribution in [2.45, 2.75) is 31.2 Å². The molecule has 30 heavy (non-hydrogen) atoms. The molecule has 0 amide bonds. The summed E-state index contributed by atoms with van der Waals surface area (Å²) in [4.78, 5) is 8.05. The second kappa shape index (κ2) is 7.17. The quantitative estimate of drug-likeness (QED) is 0.637. The van der Waals surface area contributed by atoms with Crippen LogP contribution in [0.2, 0.25) is 5.15 Å². The van der Waals surface area contributed by atoms with E-state index in [9.17, 15) is 8.42 Å². The number of fused-ring (bicyclic) bond motifs is 2. The van der Waals surface area contributed by atoms with Crippen molar-refractivity contribution in [3.8, 4) is 10.4 Å². The first kappa shape index (κ1) is 20.2. The highest BCUT2D eigenvalue weighted by Gasteiger charge is 2.29. The first-order chi connectivity index (χ1) is 14.2. The van der Waals surface area contributed by atoms with Crippen molar-refractivity contribution in [1.29, 1.82) is 0 Å². The molecule has 1 aromatic carbocycles. The summed E-state index contributed by atoms with van der Waals surface area (Å²) in [5.41, 5.74) is 6.71. The third kappa shape index (κ3) is 3.31. The van der Waals surface area contributed by atoms with Crippen LogP contribution in [0.15, 0.2) is 35.0 Å². The number of likely N-dealkylation sites (tertiary alicyclic amines) is 1. The summed E-state index contributed by atoms with van der Waals surface area (Å²) in [5.74, 6) is 0.564. The Kier molecular flexibility index (Phi) is 4.83. The smallest absolute Gasteiger partial charge is 0.257 e. The number of aromatic nitrogens is 2. The maximum atomic E-state index is 11.9. The monoisotopic (exact) mass is 462 g/mol. The van der Waals surface area contributed by atoms with Crippen LogP contribution in [0.5, 0.6) is 0 Å². The Labute approximate surface area is 185 Å². The predicted molar refractivity (Wildman–Crippen MR) is 121 cm³/mol. The van der Waals surface area contributed by atoms with E-state index >= 15 is 0 Å². The number of nitrogens with two attached hydrogens (primary N) is 1. The summed E-state index contributed by atoms with van der Waals surface area (Å²) < 4.78 is 25.3. The average Bonchev–Trinajstić information content (AvgIpc) is 3.29. The van der Waals surface area contributed by atoms with E-state index in [1.165, 1.54) is 57.4 Å². The van der Waals surface area contributed by atoms with Crippen LogP contribution < -0.4 is 5.14 Å². The second-order valence-electron chi connectivity index (χ2n) is 8.34. The maximum Gasteiger partial charge on any atom is 0.257 e. The molecular formula is C21H23ClN4O2S2. The van der Waals surface area contributed by atoms with E-state index in [2.05, 4.69) is 42.1 Å². The normalized spacial score (nSPS) is 20.3. The van der Waals surface area contributed by atoms with Gasteiger partial charge >= 0.3 is 0 Å². The number of rotatable bonds is 3. The number of thiazole rings is 1. The van der Waals surface area contributed by atoms with E-state index < -0.39 is 10.0 Å². The molecule has 0 saturated carbocycles. The second-order valence-corrected chi connectivity index (χ2v) is 11.2. The molecule has 1 unspecified atom stereocenters. The molecule has 0 radical (unpaired) electrons. The molecule has 0 bridgehead atoms. The number of piperidine rings is 1. The molecule has 9 heteroatoms. The Morgan fingerprint density at radius 3 is 2.87 bits per heavy atom. The molecule has 1 aliphatic carbocycles. The third-order valence-electron chi connectivity index (χ3n) is 6.14. The highest BCUT2D eigenvalue weighted by atomic mass is 35.5. The first-order valence-corrected chi connectivity index (χ1v) is 12.7. The van der Waals surface area contributed by atoms with E-state index in [1.54, 1.807) is 6.20 Å². The zero-order valence-corrected chi connectivity index (χ0v) is 19.2. The molecule has 3 heterocycles. The molecule has 6 nitrogen and oxygen atoms in total. The van der Waals surface area contributed by atoms with E-state index in [0.29, 0.717) is 10.9 Å². The third-order valence-corrected chi connectivity index (χ3v) is 8.48. The number of allylic oxidation sites excluding steroid dienone is 1. The number of hydrogen-bond acceptors (Lipinski definition) is 5. The summed E-state index contributed by atoms with van der Waals surface area (Å²) >= 11 is 7.42. The van der Waals surface area contributed by atoms with Crippen molar-refractivity contribution in [2.24, 2.45) is 11.1 Å². The minimum atomic E-state index is -3.97. The van der Waals surface area contributed by atoms with Crippen LogP contribution in [0, 0.1) is 5.92 Å². The largest absolute Gasteiger partial charge is 0.306 e. The van der Waals surface area contributed by atoms with Gasteiger partial charge in [-0.3, -0.25) is 4.40 Å². The molecule has 5 rings (SSSR count). The Bertz CT molecular complexity index is 1310. The number of imidazole rings is 1. The van der Waals surface area contributed by atoms with Gasteiger partial charge in [0.1, 0.15) is 0 Å². The van der Waals surface area contributed by atoms with Gasteiger partial charge in [-0.15, -0.1) is 0 Å². The van der Waals surface area contributed by atoms with Gasteiger partial charge in [0.05, 0.1) is 4.88 Å². The van der Waals surface area contributed by atoms with E-state index in [-0.39, 0.29) is 10.2 Å². The van der Waals surface area contributed by atoms with Gasteiger partial charge in [-0.1, -0.05) is 40.6 Å². The minimum Gasteiger partial charge on any atom is -0.306 e. The van der Waals surface area contributed by atoms with Crippen molar-refractivity contribution in [2.75, 3.05) is 20.1 Å². The van der Waals surface area contributed by atoms with Gasteiger partial charge in [-0.2, -0.15) is 0 Å². The minimum absolute atomic E-state index is 0.0912. The average molecular weight is 463 g/mol. The van der Waals surface area contributed by atoms with Crippen LogP contribution in [0.4, 0.5) is 0 Å². The Balaban J connectivity index is 1.58. The fraction of sp³-hybridized carbons (Fsp3) is 0.381. The summed E-state index contributed by atoms with van der Waals surface area (Å²) in [6.45, 7) is 4.52. The molecule has 1 saturated heterocycles. The van der Waals surface area contributed by atoms with Crippen LogP contribution in [0.1, 0.15) is 30.9 Å². The topological polar surface area (TPSA) is 80.7 Å². The Hall–Kier alpha value is -1.71. The number of nitrogens with zero attached hydrogens (tertiary/aromatic N) is 3. The van der Waals surface area contributed by atoms with E-state index in [1.807, 2.05) is 0 Å². The number of sulfonamides is 1. The van der Waals surface area contributed by atoms with Crippen molar-refractivity contribution >= 4 is 43.5 Å². The van der Waals surface area contributed by atoms with Gasteiger partial charge in [0.2, 0.25) is 0 Å². The molecule has 2 N–H and O–H groups in total. The van der Waals surface area contributed by atoms with Gasteiger partial charge in [0.15, 0.2) is 15.1 Å². The van der Waals surface area contributed by atoms with Crippen LogP contribution in [-0.4, -0.2) is 42.8 Å². The molecule has 1 aliphatic heterocycles. The fourth-order valence-corrected chi connectivity index (χ4v) is 7.18. The summed E-state index contributed by atoms with van der Waals surface area (Å²) in [7, 11) is -1.77. The Morgan fingerprint density at radius 1 is 1.33 bits per heavy atom. The lowest BCUT2D eigenvalue weighted by atomic mass is 9.85. The molecule has 158 valence electrons. The van der Waals surface area contributed by atoms with Crippen molar-refractivity contribution < 1.29 is 8.42 Å². The molecule has 2 aromatic heterocycles. The lowest BCUT2D eigenvalue weighted by molar-refractivity contribution is 0.242. The van der Waals surface area contributed by atoms with Gasteiger partial charge in [0, 0.05) is 12.7 Å². The van der Waals surface area contributed by atoms with Gasteiger partial charge in [-0.05, 0) is 74.0 Å². The Morgan fingerprint density at radius 2 is 2.13 bits per heavy atom. The van der Waals surface area contributed by atoms with Crippen molar-refractivity contribution in [3.05, 3.63) is 46.2 Å². The van der Waals surface area contributed by atoms with Crippen LogP contribution in [0.25, 0.3) is 21.0 Å². The molecule has 1 fully saturated rings. The van der Waals surface area contributed by atoms with Gasteiger partial charge < -0.3 is 4.90 Å². The number of benzene rings is 1. The van der Waals surface area contributed by atoms with Crippen molar-refractivity contribution in [1.82, 2.24) is 14.3 Å². The lowest BCUT2D eigenvalue weighted by Gasteiger charge is -2.31. The van der Waals surface area contributed by atoms with E-state index in [4.69, 9.17) is 16.7 Å². The van der Waals surface area contributed by atoms with E-state index in [0.717, 1.165) is 23.4 Å². The summed E-state index contributed by atoms with van der Waals surface area (Å²) in [6, 6.07) is 6.55. The molecule has 3 aromatic rings. The molecular weight excluding hydrogens is 440 g/mol. The molecule has 2 aliphatic rings. The van der Waals surface area contributed by atoms with Crippen LogP contribution in [0.3, 0.4) is 0 Å². The summed E-state index contributed by atoms with van der Waals surface area (Å²) in [5, 5.41) is 5.08. The standard InChI is InChI=1S/C21H23ClN4O2S2/c1-12-8-13-5-6-14(9-16(13)18(12)15-4-3-7-25(2)10-15)17-11-26-20(30(23,27)28)19(22)24-21(26)29-17/h5-6,9,11,15H,3-4,7-8,10H2,1-2H3,(H2,23,27,28). The first-order valence-electron chi connectivity index (χ1n) is 9.94. The summed E-state index contributed by atoms with van der Waals surface area (Å²) in [6.07, 6.45) is 5.22. The van der Waals surface area contributed by atoms with Crippen molar-refractivity contribution in [3.63, 3.8) is 0 Å². The number of halogens is 1. The highest BCUT2D eigenvalue weighted by molar-refractivity contribution is 7.89. The van der Waals surface area contributed by atoms with Crippen LogP contribution >= 0.6 is 22.9 Å². The SMILES string of the molecule is CC1=C(C2CCCN(C)C2)c2cc(-c3cn4c(S(N)(=O)=O)c(Cl)nc4s3)ccc2C1. The number of primary sulfonamides is 1. The zero-order valence-electron chi connectivity index (χ0n) is 16.9. The number of hydrogen-bond donors (Lipinski definition) is 1.